The number of aryl methyl sites for hydroxylation is 1. The number of rotatable bonds is 4. The van der Waals surface area contributed by atoms with E-state index in [1.54, 1.807) is 6.07 Å². The third kappa shape index (κ3) is 3.27. The van der Waals surface area contributed by atoms with Crippen molar-refractivity contribution in [1.29, 1.82) is 5.26 Å². The summed E-state index contributed by atoms with van der Waals surface area (Å²) in [7, 11) is 0. The number of hydrogen-bond donors (Lipinski definition) is 1. The maximum atomic E-state index is 8.64. The quantitative estimate of drug-likeness (QED) is 0.710. The molecule has 0 aliphatic rings. The van der Waals surface area contributed by atoms with Crippen molar-refractivity contribution >= 4 is 0 Å². The van der Waals surface area contributed by atoms with Gasteiger partial charge in [-0.25, -0.2) is 0 Å². The van der Waals surface area contributed by atoms with Crippen LogP contribution in [0, 0.1) is 11.3 Å². The van der Waals surface area contributed by atoms with Crippen molar-refractivity contribution in [2.24, 2.45) is 0 Å². The van der Waals surface area contributed by atoms with Crippen LogP contribution in [0.4, 0.5) is 0 Å². The summed E-state index contributed by atoms with van der Waals surface area (Å²) in [6.07, 6.45) is 2.75. The van der Waals surface area contributed by atoms with Gasteiger partial charge in [-0.15, -0.1) is 0 Å². The number of nitrogens with zero attached hydrogens (tertiary/aromatic N) is 1. The smallest absolute Gasteiger partial charge is 0.0991 e. The highest BCUT2D eigenvalue weighted by atomic mass is 16.2. The van der Waals surface area contributed by atoms with Crippen LogP contribution in [0.3, 0.4) is 0 Å². The van der Waals surface area contributed by atoms with E-state index < -0.39 is 0 Å². The second kappa shape index (κ2) is 5.34. The first kappa shape index (κ1) is 9.76. The van der Waals surface area contributed by atoms with Gasteiger partial charge in [-0.1, -0.05) is 12.1 Å². The fourth-order valence-electron chi connectivity index (χ4n) is 1.24. The van der Waals surface area contributed by atoms with Crippen LogP contribution < -0.4 is 0 Å². The Bertz CT molecular complexity index is 301. The van der Waals surface area contributed by atoms with E-state index in [-0.39, 0.29) is 6.61 Å². The zero-order valence-electron chi connectivity index (χ0n) is 7.53. The second-order valence-corrected chi connectivity index (χ2v) is 2.99. The lowest BCUT2D eigenvalue weighted by molar-refractivity contribution is 0.284. The first-order valence-corrected chi connectivity index (χ1v) is 4.46. The minimum Gasteiger partial charge on any atom is -0.396 e. The summed E-state index contributed by atoms with van der Waals surface area (Å²) in [6.45, 7) is 0.248. The number of benzene rings is 1. The van der Waals surface area contributed by atoms with E-state index in [4.69, 9.17) is 10.4 Å². The molecule has 0 bridgehead atoms. The molecule has 0 spiro atoms. The maximum absolute atomic E-state index is 8.64. The third-order valence-electron chi connectivity index (χ3n) is 1.93. The van der Waals surface area contributed by atoms with E-state index in [1.807, 2.05) is 18.2 Å². The molecule has 1 aromatic carbocycles. The maximum Gasteiger partial charge on any atom is 0.0991 e. The van der Waals surface area contributed by atoms with E-state index in [1.165, 1.54) is 5.56 Å². The van der Waals surface area contributed by atoms with Gasteiger partial charge in [0.15, 0.2) is 0 Å². The molecule has 1 aromatic rings. The van der Waals surface area contributed by atoms with E-state index in [9.17, 15) is 0 Å². The standard InChI is InChI=1S/C11H13NO/c12-9-11-6-3-5-10(8-11)4-1-2-7-13/h3,5-6,8,13H,1-2,4,7H2. The number of unbranched alkanes of at least 4 members (excludes halogenated alkanes) is 1. The predicted molar refractivity (Wildman–Crippen MR) is 51.2 cm³/mol. The Morgan fingerprint density at radius 3 is 2.85 bits per heavy atom. The SMILES string of the molecule is N#Cc1cccc(CCCCO)c1. The molecule has 0 saturated carbocycles. The highest BCUT2D eigenvalue weighted by molar-refractivity contribution is 5.32. The fourth-order valence-corrected chi connectivity index (χ4v) is 1.24. The lowest BCUT2D eigenvalue weighted by Crippen LogP contribution is -1.89. The third-order valence-corrected chi connectivity index (χ3v) is 1.93. The average molecular weight is 175 g/mol. The van der Waals surface area contributed by atoms with Crippen molar-refractivity contribution in [3.8, 4) is 6.07 Å². The molecule has 0 fully saturated rings. The van der Waals surface area contributed by atoms with Gasteiger partial charge in [0.25, 0.3) is 0 Å². The summed E-state index contributed by atoms with van der Waals surface area (Å²) < 4.78 is 0. The van der Waals surface area contributed by atoms with Crippen LogP contribution in [-0.4, -0.2) is 11.7 Å². The zero-order chi connectivity index (χ0) is 9.52. The molecule has 2 heteroatoms. The van der Waals surface area contributed by atoms with Gasteiger partial charge >= 0.3 is 0 Å². The van der Waals surface area contributed by atoms with Gasteiger partial charge in [0.2, 0.25) is 0 Å². The number of aliphatic hydroxyl groups is 1. The first-order chi connectivity index (χ1) is 6.36. The van der Waals surface area contributed by atoms with Gasteiger partial charge in [0.05, 0.1) is 11.6 Å². The number of aliphatic hydroxyl groups excluding tert-OH is 1. The normalized spacial score (nSPS) is 9.54. The fraction of sp³-hybridized carbons (Fsp3) is 0.364. The Morgan fingerprint density at radius 2 is 2.15 bits per heavy atom. The molecule has 0 heterocycles. The molecular formula is C11H13NO. The highest BCUT2D eigenvalue weighted by Gasteiger charge is 1.94. The van der Waals surface area contributed by atoms with Gasteiger partial charge < -0.3 is 5.11 Å². The first-order valence-electron chi connectivity index (χ1n) is 4.46. The van der Waals surface area contributed by atoms with Crippen molar-refractivity contribution in [2.45, 2.75) is 19.3 Å². The summed E-state index contributed by atoms with van der Waals surface area (Å²) in [5.74, 6) is 0. The second-order valence-electron chi connectivity index (χ2n) is 2.99. The molecule has 2 nitrogen and oxygen atoms in total. The molecule has 0 radical (unpaired) electrons. The van der Waals surface area contributed by atoms with E-state index in [0.717, 1.165) is 19.3 Å². The predicted octanol–water partition coefficient (Wildman–Crippen LogP) is 1.87. The largest absolute Gasteiger partial charge is 0.396 e. The van der Waals surface area contributed by atoms with Gasteiger partial charge in [0.1, 0.15) is 0 Å². The van der Waals surface area contributed by atoms with E-state index in [2.05, 4.69) is 6.07 Å². The molecule has 13 heavy (non-hydrogen) atoms. The summed E-state index contributed by atoms with van der Waals surface area (Å²) >= 11 is 0. The van der Waals surface area contributed by atoms with Crippen LogP contribution in [0.1, 0.15) is 24.0 Å². The van der Waals surface area contributed by atoms with Crippen LogP contribution >= 0.6 is 0 Å². The molecule has 0 aromatic heterocycles. The van der Waals surface area contributed by atoms with Crippen LogP contribution in [0.25, 0.3) is 0 Å². The monoisotopic (exact) mass is 175 g/mol. The van der Waals surface area contributed by atoms with Crippen LogP contribution in [0.5, 0.6) is 0 Å². The highest BCUT2D eigenvalue weighted by Crippen LogP contribution is 2.07. The zero-order valence-corrected chi connectivity index (χ0v) is 7.53. The van der Waals surface area contributed by atoms with Crippen molar-refractivity contribution < 1.29 is 5.11 Å². The van der Waals surface area contributed by atoms with Crippen molar-refractivity contribution in [3.63, 3.8) is 0 Å². The van der Waals surface area contributed by atoms with Gasteiger partial charge in [-0.3, -0.25) is 0 Å². The number of nitriles is 1. The lowest BCUT2D eigenvalue weighted by Gasteiger charge is -1.99. The van der Waals surface area contributed by atoms with Crippen molar-refractivity contribution in [2.75, 3.05) is 6.61 Å². The van der Waals surface area contributed by atoms with Gasteiger partial charge in [-0.05, 0) is 37.0 Å². The van der Waals surface area contributed by atoms with Gasteiger partial charge in [0, 0.05) is 6.61 Å². The summed E-state index contributed by atoms with van der Waals surface area (Å²) in [5.41, 5.74) is 1.88. The molecule has 68 valence electrons. The Hall–Kier alpha value is -1.33. The van der Waals surface area contributed by atoms with E-state index in [0.29, 0.717) is 5.56 Å². The molecule has 0 atom stereocenters. The van der Waals surface area contributed by atoms with Crippen LogP contribution in [0.15, 0.2) is 24.3 Å². The topological polar surface area (TPSA) is 44.0 Å². The lowest BCUT2D eigenvalue weighted by atomic mass is 10.1. The summed E-state index contributed by atoms with van der Waals surface area (Å²) in [4.78, 5) is 0. The Kier molecular flexibility index (Phi) is 4.01. The van der Waals surface area contributed by atoms with E-state index >= 15 is 0 Å². The van der Waals surface area contributed by atoms with Crippen molar-refractivity contribution in [3.05, 3.63) is 35.4 Å². The minimum absolute atomic E-state index is 0.248. The van der Waals surface area contributed by atoms with Gasteiger partial charge in [-0.2, -0.15) is 5.26 Å². The Labute approximate surface area is 78.4 Å². The average Bonchev–Trinajstić information content (AvgIpc) is 2.19. The Morgan fingerprint density at radius 1 is 1.31 bits per heavy atom. The molecule has 0 unspecified atom stereocenters. The molecule has 1 rings (SSSR count). The molecule has 1 N–H and O–H groups in total. The molecule has 0 aliphatic heterocycles. The molecular weight excluding hydrogens is 162 g/mol. The molecule has 0 aliphatic carbocycles. The number of hydrogen-bond acceptors (Lipinski definition) is 2. The summed E-state index contributed by atoms with van der Waals surface area (Å²) in [5, 5.41) is 17.2. The Balaban J connectivity index is 2.52. The van der Waals surface area contributed by atoms with Crippen molar-refractivity contribution in [1.82, 2.24) is 0 Å². The molecule has 0 amide bonds. The minimum atomic E-state index is 0.248. The summed E-state index contributed by atoms with van der Waals surface area (Å²) in [6, 6.07) is 9.72. The van der Waals surface area contributed by atoms with Crippen LogP contribution in [-0.2, 0) is 6.42 Å². The van der Waals surface area contributed by atoms with Crippen LogP contribution in [0.2, 0.25) is 0 Å². The molecule has 0 saturated heterocycles.